The molecule has 2 rings (SSSR count). The zero-order valence-electron chi connectivity index (χ0n) is 42.6. The number of allylic oxidation sites excluding steroid dienone is 1. The van der Waals surface area contributed by atoms with Crippen LogP contribution in [0.1, 0.15) is 175 Å². The van der Waals surface area contributed by atoms with Crippen LogP contribution in [0.4, 0.5) is 5.82 Å². The smallest absolute Gasteiger partial charge is 0.342 e. The summed E-state index contributed by atoms with van der Waals surface area (Å²) in [7, 11) is 0. The summed E-state index contributed by atoms with van der Waals surface area (Å²) in [5, 5.41) is 23.2. The average Bonchev–Trinajstić information content (AvgIpc) is 3.79. The van der Waals surface area contributed by atoms with Crippen LogP contribution in [0.2, 0.25) is 0 Å². The Morgan fingerprint density at radius 1 is 0.750 bits per heavy atom. The Kier molecular flexibility index (Phi) is 24.6. The van der Waals surface area contributed by atoms with Crippen molar-refractivity contribution in [1.29, 1.82) is 0 Å². The Labute approximate surface area is 407 Å². The van der Waals surface area contributed by atoms with E-state index in [0.29, 0.717) is 66.8 Å². The molecule has 0 radical (unpaired) electrons. The van der Waals surface area contributed by atoms with Crippen LogP contribution in [-0.4, -0.2) is 92.5 Å². The van der Waals surface area contributed by atoms with Crippen LogP contribution >= 0.6 is 11.8 Å². The normalized spacial score (nSPS) is 14.8. The molecule has 0 aromatic carbocycles. The third-order valence-corrected chi connectivity index (χ3v) is 13.0. The second-order valence-electron chi connectivity index (χ2n) is 19.0. The van der Waals surface area contributed by atoms with E-state index in [4.69, 9.17) is 24.3 Å². The number of aliphatic carboxylic acids is 2. The Hall–Kier alpha value is -5.19. The van der Waals surface area contributed by atoms with Crippen LogP contribution < -0.4 is 10.6 Å². The third kappa shape index (κ3) is 17.7. The minimum Gasteiger partial charge on any atom is -0.481 e. The number of amides is 2. The summed E-state index contributed by atoms with van der Waals surface area (Å²) in [4.78, 5) is 98.9. The lowest BCUT2D eigenvalue weighted by molar-refractivity contribution is -0.148. The number of carboxylic acid groups (broad SMARTS) is 2. The number of rotatable bonds is 29. The van der Waals surface area contributed by atoms with Gasteiger partial charge in [0.2, 0.25) is 11.8 Å². The summed E-state index contributed by atoms with van der Waals surface area (Å²) >= 11 is 1.01. The fourth-order valence-electron chi connectivity index (χ4n) is 7.92. The number of aromatic amines is 1. The van der Waals surface area contributed by atoms with E-state index < -0.39 is 65.5 Å². The lowest BCUT2D eigenvalue weighted by atomic mass is 9.90. The molecule has 0 saturated carbocycles. The van der Waals surface area contributed by atoms with E-state index in [0.717, 1.165) is 11.8 Å². The second-order valence-corrected chi connectivity index (χ2v) is 20.3. The van der Waals surface area contributed by atoms with Crippen molar-refractivity contribution in [3.8, 4) is 0 Å². The first-order valence-corrected chi connectivity index (χ1v) is 25.1. The van der Waals surface area contributed by atoms with E-state index in [1.807, 2.05) is 83.1 Å². The number of carbonyl (C=O) groups excluding carboxylic acids is 5. The minimum atomic E-state index is -1.22. The van der Waals surface area contributed by atoms with Crippen molar-refractivity contribution in [2.75, 3.05) is 17.7 Å². The first-order chi connectivity index (χ1) is 31.9. The van der Waals surface area contributed by atoms with Crippen LogP contribution in [0.25, 0.3) is 6.08 Å². The van der Waals surface area contributed by atoms with Gasteiger partial charge in [0, 0.05) is 24.1 Å². The van der Waals surface area contributed by atoms with E-state index >= 15 is 0 Å². The number of aliphatic imine (C=N–C) groups is 1. The summed E-state index contributed by atoms with van der Waals surface area (Å²) in [6.45, 7) is 28.8. The highest BCUT2D eigenvalue weighted by atomic mass is 32.2. The first-order valence-electron chi connectivity index (χ1n) is 24.1. The number of esters is 3. The zero-order chi connectivity index (χ0) is 51.6. The highest BCUT2D eigenvalue weighted by Gasteiger charge is 2.37. The first kappa shape index (κ1) is 58.9. The number of hydrogen-bond donors (Lipinski definition) is 5. The summed E-state index contributed by atoms with van der Waals surface area (Å²) < 4.78 is 17.6. The number of thioether (sulfide) groups is 1. The van der Waals surface area contributed by atoms with Crippen molar-refractivity contribution < 1.29 is 58.0 Å². The number of amidine groups is 1. The van der Waals surface area contributed by atoms with Gasteiger partial charge in [0.1, 0.15) is 40.2 Å². The minimum absolute atomic E-state index is 0.0150. The quantitative estimate of drug-likeness (QED) is 0.0218. The van der Waals surface area contributed by atoms with E-state index in [9.17, 15) is 38.7 Å². The molecule has 2 heterocycles. The third-order valence-electron chi connectivity index (χ3n) is 11.8. The average molecular weight is 971 g/mol. The number of H-pyrrole nitrogens is 1. The number of nitrogens with one attached hydrogen (secondary N) is 3. The number of aromatic nitrogens is 1. The van der Waals surface area contributed by atoms with Gasteiger partial charge >= 0.3 is 29.8 Å². The predicted molar refractivity (Wildman–Crippen MR) is 266 cm³/mol. The Bertz CT molecular complexity index is 2050. The standard InChI is InChI=1S/C51H78N4O12S/c1-15-32(13)40-34(52-46(42(40)50(63)66-44(27(3)4)28(5)6)54-37(56)21-17-19-23-65-49(62)31(11)12)25-35-41(33(14)16-2)43(51(64)67-45(29(7)8)30(9)10)47(53-35)55-38(57)22-18-20-24-68-36(48(60)61)26-39(58)59/h25,27-30,32-33,36,44-45,53H,11,15-24,26H2,1-10,12-14H3,(H,55,57)(H,58,59)(H,60,61)(H,52,54,56). The van der Waals surface area contributed by atoms with Crippen LogP contribution in [0, 0.1) is 29.6 Å². The zero-order valence-corrected chi connectivity index (χ0v) is 43.4. The molecule has 16 nitrogen and oxygen atoms in total. The second kappa shape index (κ2) is 28.3. The molecule has 0 saturated heterocycles. The maximum Gasteiger partial charge on any atom is 0.342 e. The number of unbranched alkanes of at least 4 members (excludes halogenated alkanes) is 2. The van der Waals surface area contributed by atoms with Crippen molar-refractivity contribution in [2.24, 2.45) is 34.6 Å². The molecule has 0 bridgehead atoms. The highest BCUT2D eigenvalue weighted by molar-refractivity contribution is 8.00. The Morgan fingerprint density at radius 2 is 1.28 bits per heavy atom. The Morgan fingerprint density at radius 3 is 1.78 bits per heavy atom. The maximum atomic E-state index is 14.5. The van der Waals surface area contributed by atoms with Gasteiger partial charge in [0.05, 0.1) is 18.7 Å². The molecular formula is C51H78N4O12S. The summed E-state index contributed by atoms with van der Waals surface area (Å²) in [5.74, 6) is -5.16. The summed E-state index contributed by atoms with van der Waals surface area (Å²) in [6.07, 6.45) is 3.16. The van der Waals surface area contributed by atoms with Crippen molar-refractivity contribution in [2.45, 2.75) is 171 Å². The SMILES string of the molecule is C=C(C)C(=O)OCCCCC(=O)NC1=NC(=Cc2[nH]c(NC(=O)CCCCSC(CC(=O)O)C(=O)O)c(C(=O)OC(C(C)C)C(C)C)c2C(C)CC)C(C(C)CC)=C1C(=O)OC(C(C)C)C(C)C. The predicted octanol–water partition coefficient (Wildman–Crippen LogP) is 9.86. The van der Waals surface area contributed by atoms with Crippen LogP contribution in [0.3, 0.4) is 0 Å². The van der Waals surface area contributed by atoms with Crippen LogP contribution in [-0.2, 0) is 43.0 Å². The van der Waals surface area contributed by atoms with Gasteiger partial charge in [-0.05, 0) is 104 Å². The molecule has 5 N–H and O–H groups in total. The summed E-state index contributed by atoms with van der Waals surface area (Å²) in [5.41, 5.74) is 2.44. The molecule has 1 aliphatic heterocycles. The molecular weight excluding hydrogens is 893 g/mol. The highest BCUT2D eigenvalue weighted by Crippen LogP contribution is 2.40. The fourth-order valence-corrected chi connectivity index (χ4v) is 8.98. The molecule has 3 atom stereocenters. The van der Waals surface area contributed by atoms with Crippen molar-refractivity contribution in [3.05, 3.63) is 45.8 Å². The van der Waals surface area contributed by atoms with Crippen LogP contribution in [0.15, 0.2) is 34.0 Å². The fraction of sp³-hybridized carbons (Fsp3) is 0.647. The lowest BCUT2D eigenvalue weighted by Gasteiger charge is -2.26. The number of carbonyl (C=O) groups is 7. The molecule has 1 aromatic heterocycles. The molecule has 0 fully saturated rings. The number of nitrogens with zero attached hydrogens (tertiary/aromatic N) is 1. The van der Waals surface area contributed by atoms with Gasteiger partial charge in [-0.15, -0.1) is 11.8 Å². The summed E-state index contributed by atoms with van der Waals surface area (Å²) in [6, 6.07) is 0. The van der Waals surface area contributed by atoms with Gasteiger partial charge in [-0.25, -0.2) is 19.4 Å². The van der Waals surface area contributed by atoms with Gasteiger partial charge in [-0.3, -0.25) is 19.2 Å². The van der Waals surface area contributed by atoms with Crippen molar-refractivity contribution in [3.63, 3.8) is 0 Å². The molecule has 3 unspecified atom stereocenters. The van der Waals surface area contributed by atoms with Gasteiger partial charge in [-0.2, -0.15) is 0 Å². The van der Waals surface area contributed by atoms with E-state index in [-0.39, 0.29) is 83.3 Å². The molecule has 1 aliphatic rings. The van der Waals surface area contributed by atoms with E-state index in [1.54, 1.807) is 13.0 Å². The number of carboxylic acids is 2. The van der Waals surface area contributed by atoms with Crippen molar-refractivity contribution in [1.82, 2.24) is 10.3 Å². The van der Waals surface area contributed by atoms with Gasteiger partial charge in [0.15, 0.2) is 0 Å². The molecule has 380 valence electrons. The molecule has 0 spiro atoms. The molecule has 17 heteroatoms. The molecule has 1 aromatic rings. The van der Waals surface area contributed by atoms with E-state index in [2.05, 4.69) is 22.2 Å². The number of hydrogen-bond acceptors (Lipinski definition) is 12. The lowest BCUT2D eigenvalue weighted by Crippen LogP contribution is -2.36. The van der Waals surface area contributed by atoms with Gasteiger partial charge in [-0.1, -0.05) is 89.7 Å². The van der Waals surface area contributed by atoms with E-state index in [1.165, 1.54) is 0 Å². The van der Waals surface area contributed by atoms with Gasteiger partial charge < -0.3 is 40.0 Å². The molecule has 68 heavy (non-hydrogen) atoms. The Balaban J connectivity index is 2.81. The molecule has 2 amide bonds. The number of anilines is 1. The number of ether oxygens (including phenoxy) is 3. The van der Waals surface area contributed by atoms with Gasteiger partial charge in [0.25, 0.3) is 0 Å². The largest absolute Gasteiger partial charge is 0.481 e. The monoisotopic (exact) mass is 971 g/mol. The van der Waals surface area contributed by atoms with Crippen molar-refractivity contribution >= 4 is 71.2 Å². The van der Waals surface area contributed by atoms with Crippen LogP contribution in [0.5, 0.6) is 0 Å². The topological polar surface area (TPSA) is 240 Å². The molecule has 0 aliphatic carbocycles. The maximum absolute atomic E-state index is 14.5.